The van der Waals surface area contributed by atoms with Crippen LogP contribution < -0.4 is 16.0 Å². The van der Waals surface area contributed by atoms with Crippen LogP contribution in [0.5, 0.6) is 0 Å². The van der Waals surface area contributed by atoms with E-state index in [1.165, 1.54) is 0 Å². The second-order valence-electron chi connectivity index (χ2n) is 9.14. The van der Waals surface area contributed by atoms with Crippen LogP contribution in [0.25, 0.3) is 0 Å². The molecule has 0 spiro atoms. The molecule has 2 saturated heterocycles. The number of nitrogens with zero attached hydrogens (tertiary/aromatic N) is 2. The first-order chi connectivity index (χ1) is 15.0. The monoisotopic (exact) mass is 429 g/mol. The number of anilines is 1. The fraction of sp³-hybridized carbons (Fsp3) is 0.696. The summed E-state index contributed by atoms with van der Waals surface area (Å²) in [6.07, 6.45) is 9.22. The Bertz CT molecular complexity index is 755. The molecule has 0 aliphatic carbocycles. The maximum atomic E-state index is 12.7. The Hall–Kier alpha value is -2.19. The summed E-state index contributed by atoms with van der Waals surface area (Å²) >= 11 is 0. The van der Waals surface area contributed by atoms with Crippen molar-refractivity contribution >= 4 is 17.5 Å². The number of fused-ring (bicyclic) bond motifs is 1. The molecule has 1 aromatic rings. The topological polar surface area (TPSA) is 95.6 Å². The van der Waals surface area contributed by atoms with E-state index in [1.54, 1.807) is 6.20 Å². The number of carbonyl (C=O) groups is 2. The van der Waals surface area contributed by atoms with Crippen molar-refractivity contribution in [2.45, 2.75) is 76.8 Å². The van der Waals surface area contributed by atoms with E-state index in [4.69, 9.17) is 4.74 Å². The van der Waals surface area contributed by atoms with Gasteiger partial charge in [-0.3, -0.25) is 19.9 Å². The maximum Gasteiger partial charge on any atom is 0.253 e. The zero-order valence-corrected chi connectivity index (χ0v) is 18.6. The standard InChI is InChI=1S/C23H35N5O3/c1-15-21(31-16(2)26-15)23(30)28-11-7-17(8-12-28)5-3-4-9-25-22(29)20-13-18-14-24-10-6-19(18)27-20/h6,10,14-17,20-21,26-27H,3-5,7-9,11-13H2,1-2H3,(H,25,29). The number of piperidine rings is 1. The van der Waals surface area contributed by atoms with Crippen molar-refractivity contribution in [1.82, 2.24) is 20.5 Å². The van der Waals surface area contributed by atoms with Gasteiger partial charge in [0.2, 0.25) is 5.91 Å². The van der Waals surface area contributed by atoms with Crippen LogP contribution in [0.1, 0.15) is 51.5 Å². The number of nitrogens with one attached hydrogen (secondary N) is 3. The molecule has 3 N–H and O–H groups in total. The zero-order chi connectivity index (χ0) is 21.8. The zero-order valence-electron chi connectivity index (χ0n) is 18.6. The first kappa shape index (κ1) is 22.0. The van der Waals surface area contributed by atoms with Crippen LogP contribution in [0.2, 0.25) is 0 Å². The van der Waals surface area contributed by atoms with Gasteiger partial charge >= 0.3 is 0 Å². The highest BCUT2D eigenvalue weighted by Crippen LogP contribution is 2.25. The largest absolute Gasteiger partial charge is 0.373 e. The van der Waals surface area contributed by atoms with Gasteiger partial charge in [-0.15, -0.1) is 0 Å². The second kappa shape index (κ2) is 9.96. The summed E-state index contributed by atoms with van der Waals surface area (Å²) < 4.78 is 5.74. The second-order valence-corrected chi connectivity index (χ2v) is 9.14. The quantitative estimate of drug-likeness (QED) is 0.571. The minimum Gasteiger partial charge on any atom is -0.373 e. The SMILES string of the molecule is CC1NC(C)C(C(=O)N2CCC(CCCCNC(=O)C3Cc4cnccc4N3)CC2)O1. The van der Waals surface area contributed by atoms with Crippen molar-refractivity contribution < 1.29 is 14.3 Å². The molecular weight excluding hydrogens is 394 g/mol. The number of unbranched alkanes of at least 4 members (excludes halogenated alkanes) is 1. The van der Waals surface area contributed by atoms with Crippen LogP contribution in [-0.4, -0.2) is 65.7 Å². The van der Waals surface area contributed by atoms with E-state index in [1.807, 2.05) is 31.0 Å². The van der Waals surface area contributed by atoms with Crippen molar-refractivity contribution in [3.05, 3.63) is 24.0 Å². The molecule has 4 atom stereocenters. The predicted molar refractivity (Wildman–Crippen MR) is 118 cm³/mol. The van der Waals surface area contributed by atoms with Crippen LogP contribution in [-0.2, 0) is 20.7 Å². The Labute approximate surface area is 184 Å². The first-order valence-corrected chi connectivity index (χ1v) is 11.7. The Kier molecular flexibility index (Phi) is 7.07. The molecule has 8 heteroatoms. The third-order valence-corrected chi connectivity index (χ3v) is 6.78. The average molecular weight is 430 g/mol. The smallest absolute Gasteiger partial charge is 0.253 e. The minimum absolute atomic E-state index is 0.0567. The number of ether oxygens (including phenoxy) is 1. The lowest BCUT2D eigenvalue weighted by atomic mass is 9.91. The highest BCUT2D eigenvalue weighted by Gasteiger charge is 2.38. The number of hydrogen-bond donors (Lipinski definition) is 3. The van der Waals surface area contributed by atoms with E-state index in [9.17, 15) is 9.59 Å². The molecule has 4 heterocycles. The van der Waals surface area contributed by atoms with Crippen LogP contribution in [0.15, 0.2) is 18.5 Å². The molecule has 3 aliphatic heterocycles. The van der Waals surface area contributed by atoms with Gasteiger partial charge in [0, 0.05) is 50.2 Å². The fourth-order valence-electron chi connectivity index (χ4n) is 4.97. The molecule has 1 aromatic heterocycles. The lowest BCUT2D eigenvalue weighted by molar-refractivity contribution is -0.144. The number of aromatic nitrogens is 1. The molecule has 170 valence electrons. The van der Waals surface area contributed by atoms with Gasteiger partial charge < -0.3 is 20.3 Å². The molecular formula is C23H35N5O3. The summed E-state index contributed by atoms with van der Waals surface area (Å²) in [4.78, 5) is 31.2. The molecule has 2 fully saturated rings. The van der Waals surface area contributed by atoms with Gasteiger partial charge in [0.1, 0.15) is 12.3 Å². The third kappa shape index (κ3) is 5.36. The predicted octanol–water partition coefficient (Wildman–Crippen LogP) is 1.67. The van der Waals surface area contributed by atoms with E-state index >= 15 is 0 Å². The lowest BCUT2D eigenvalue weighted by Crippen LogP contribution is -2.47. The van der Waals surface area contributed by atoms with Gasteiger partial charge in [0.05, 0.1) is 0 Å². The molecule has 31 heavy (non-hydrogen) atoms. The van der Waals surface area contributed by atoms with Gasteiger partial charge in [0.25, 0.3) is 5.91 Å². The van der Waals surface area contributed by atoms with Crippen LogP contribution in [0, 0.1) is 5.92 Å². The summed E-state index contributed by atoms with van der Waals surface area (Å²) in [6.45, 7) is 6.31. The summed E-state index contributed by atoms with van der Waals surface area (Å²) in [5, 5.41) is 9.59. The van der Waals surface area contributed by atoms with Gasteiger partial charge in [-0.25, -0.2) is 0 Å². The molecule has 0 saturated carbocycles. The number of likely N-dealkylation sites (tertiary alicyclic amines) is 1. The fourth-order valence-corrected chi connectivity index (χ4v) is 4.97. The van der Waals surface area contributed by atoms with Crippen LogP contribution >= 0.6 is 0 Å². The maximum absolute atomic E-state index is 12.7. The number of rotatable bonds is 7. The van der Waals surface area contributed by atoms with Gasteiger partial charge in [-0.1, -0.05) is 12.8 Å². The Morgan fingerprint density at radius 3 is 2.77 bits per heavy atom. The van der Waals surface area contributed by atoms with Gasteiger partial charge in [0.15, 0.2) is 6.10 Å². The summed E-state index contributed by atoms with van der Waals surface area (Å²) in [5.41, 5.74) is 2.12. The molecule has 8 nitrogen and oxygen atoms in total. The van der Waals surface area contributed by atoms with Crippen molar-refractivity contribution in [2.75, 3.05) is 25.0 Å². The van der Waals surface area contributed by atoms with E-state index in [-0.39, 0.29) is 36.2 Å². The van der Waals surface area contributed by atoms with Crippen LogP contribution in [0.3, 0.4) is 0 Å². The van der Waals surface area contributed by atoms with Crippen molar-refractivity contribution in [3.8, 4) is 0 Å². The Morgan fingerprint density at radius 2 is 2.06 bits per heavy atom. The van der Waals surface area contributed by atoms with Crippen molar-refractivity contribution in [1.29, 1.82) is 0 Å². The normalized spacial score (nSPS) is 28.3. The molecule has 0 radical (unpaired) electrons. The highest BCUT2D eigenvalue weighted by molar-refractivity contribution is 5.87. The number of amides is 2. The van der Waals surface area contributed by atoms with Gasteiger partial charge in [-0.2, -0.15) is 0 Å². The molecule has 4 rings (SSSR count). The van der Waals surface area contributed by atoms with E-state index in [0.29, 0.717) is 18.9 Å². The molecule has 2 amide bonds. The van der Waals surface area contributed by atoms with Crippen molar-refractivity contribution in [2.24, 2.45) is 5.92 Å². The Morgan fingerprint density at radius 1 is 1.26 bits per heavy atom. The van der Waals surface area contributed by atoms with E-state index in [2.05, 4.69) is 20.9 Å². The summed E-state index contributed by atoms with van der Waals surface area (Å²) in [6, 6.07) is 1.80. The highest BCUT2D eigenvalue weighted by atomic mass is 16.5. The summed E-state index contributed by atoms with van der Waals surface area (Å²) in [5.74, 6) is 0.858. The lowest BCUT2D eigenvalue weighted by Gasteiger charge is -2.34. The van der Waals surface area contributed by atoms with Gasteiger partial charge in [-0.05, 0) is 50.7 Å². The van der Waals surface area contributed by atoms with Crippen molar-refractivity contribution in [3.63, 3.8) is 0 Å². The molecule has 3 aliphatic rings. The molecule has 0 bridgehead atoms. The van der Waals surface area contributed by atoms with Crippen LogP contribution in [0.4, 0.5) is 5.69 Å². The minimum atomic E-state index is -0.353. The number of hydrogen-bond acceptors (Lipinski definition) is 6. The average Bonchev–Trinajstić information content (AvgIpc) is 3.36. The number of pyridine rings is 1. The number of carbonyl (C=O) groups excluding carboxylic acids is 2. The van der Waals surface area contributed by atoms with E-state index in [0.717, 1.165) is 56.4 Å². The Balaban J connectivity index is 1.08. The summed E-state index contributed by atoms with van der Waals surface area (Å²) in [7, 11) is 0. The van der Waals surface area contributed by atoms with E-state index < -0.39 is 0 Å². The first-order valence-electron chi connectivity index (χ1n) is 11.7. The third-order valence-electron chi connectivity index (χ3n) is 6.78. The molecule has 4 unspecified atom stereocenters. The molecule has 0 aromatic carbocycles.